The Bertz CT molecular complexity index is 912. The monoisotopic (exact) mass is 381 g/mol. The molecule has 0 aliphatic rings. The number of fused-ring (bicyclic) bond motifs is 1. The number of nitrogens with two attached hydrogens (primary N) is 1. The van der Waals surface area contributed by atoms with Crippen LogP contribution in [0.2, 0.25) is 10.0 Å². The molecule has 0 radical (unpaired) electrons. The SMILES string of the molecule is COc1cc(OC)c(Cl)c(/C=C/c2csc3c(N)ncnc23)c1Cl. The van der Waals surface area contributed by atoms with Gasteiger partial charge in [0.15, 0.2) is 0 Å². The molecule has 0 bridgehead atoms. The van der Waals surface area contributed by atoms with Gasteiger partial charge in [0.05, 0.1) is 34.5 Å². The second kappa shape index (κ2) is 6.84. The maximum atomic E-state index is 6.37. The molecule has 1 aromatic carbocycles. The lowest BCUT2D eigenvalue weighted by Crippen LogP contribution is -1.92. The first-order valence-corrected chi connectivity index (χ1v) is 8.46. The Hall–Kier alpha value is -2.02. The van der Waals surface area contributed by atoms with E-state index in [1.807, 2.05) is 11.5 Å². The first kappa shape index (κ1) is 16.8. The average molecular weight is 382 g/mol. The molecule has 8 heteroatoms. The highest BCUT2D eigenvalue weighted by Gasteiger charge is 2.15. The standard InChI is InChI=1S/C16H13Cl2N3O2S/c1-22-10-5-11(23-2)13(18)9(12(10)17)4-3-8-6-24-15-14(8)20-7-21-16(15)19/h3-7H,1-2H3,(H2,19,20,21)/b4-3+. The molecule has 2 aromatic heterocycles. The summed E-state index contributed by atoms with van der Waals surface area (Å²) >= 11 is 14.2. The van der Waals surface area contributed by atoms with Gasteiger partial charge in [-0.1, -0.05) is 35.4 Å². The fourth-order valence-electron chi connectivity index (χ4n) is 2.23. The molecule has 0 aliphatic carbocycles. The number of nitrogen functional groups attached to an aromatic ring is 1. The number of methoxy groups -OCH3 is 2. The van der Waals surface area contributed by atoms with Crippen LogP contribution in [0.25, 0.3) is 22.4 Å². The molecular formula is C16H13Cl2N3O2S. The fourth-order valence-corrected chi connectivity index (χ4v) is 3.75. The van der Waals surface area contributed by atoms with E-state index in [9.17, 15) is 0 Å². The van der Waals surface area contributed by atoms with Gasteiger partial charge in [-0.05, 0) is 0 Å². The predicted molar refractivity (Wildman–Crippen MR) is 100 cm³/mol. The van der Waals surface area contributed by atoms with Gasteiger partial charge < -0.3 is 15.2 Å². The van der Waals surface area contributed by atoms with Crippen molar-refractivity contribution in [2.24, 2.45) is 0 Å². The van der Waals surface area contributed by atoms with Crippen LogP contribution in [0, 0.1) is 0 Å². The molecule has 0 saturated heterocycles. The Morgan fingerprint density at radius 2 is 1.75 bits per heavy atom. The maximum absolute atomic E-state index is 6.37. The zero-order valence-electron chi connectivity index (χ0n) is 12.8. The van der Waals surface area contributed by atoms with Crippen LogP contribution in [0.4, 0.5) is 5.82 Å². The van der Waals surface area contributed by atoms with E-state index < -0.39 is 0 Å². The van der Waals surface area contributed by atoms with Gasteiger partial charge in [-0.2, -0.15) is 0 Å². The molecule has 2 N–H and O–H groups in total. The molecule has 0 fully saturated rings. The van der Waals surface area contributed by atoms with Gasteiger partial charge in [0.2, 0.25) is 0 Å². The van der Waals surface area contributed by atoms with E-state index in [4.69, 9.17) is 38.4 Å². The van der Waals surface area contributed by atoms with Crippen molar-refractivity contribution in [3.63, 3.8) is 0 Å². The van der Waals surface area contributed by atoms with Crippen molar-refractivity contribution in [3.05, 3.63) is 38.9 Å². The number of thiophene rings is 1. The van der Waals surface area contributed by atoms with E-state index in [0.717, 1.165) is 15.8 Å². The number of anilines is 1. The molecule has 0 unspecified atom stereocenters. The fraction of sp³-hybridized carbons (Fsp3) is 0.125. The van der Waals surface area contributed by atoms with Crippen LogP contribution in [0.1, 0.15) is 11.1 Å². The number of nitrogens with zero attached hydrogens (tertiary/aromatic N) is 2. The quantitative estimate of drug-likeness (QED) is 0.704. The van der Waals surface area contributed by atoms with Crippen molar-refractivity contribution in [2.75, 3.05) is 20.0 Å². The molecule has 0 amide bonds. The van der Waals surface area contributed by atoms with Crippen LogP contribution in [-0.4, -0.2) is 24.2 Å². The minimum absolute atomic E-state index is 0.410. The summed E-state index contributed by atoms with van der Waals surface area (Å²) in [6.07, 6.45) is 5.11. The van der Waals surface area contributed by atoms with E-state index in [1.54, 1.807) is 12.1 Å². The third kappa shape index (κ3) is 2.88. The smallest absolute Gasteiger partial charge is 0.144 e. The number of rotatable bonds is 4. The lowest BCUT2D eigenvalue weighted by atomic mass is 10.1. The van der Waals surface area contributed by atoms with Crippen LogP contribution in [0.5, 0.6) is 11.5 Å². The van der Waals surface area contributed by atoms with Crippen LogP contribution in [-0.2, 0) is 0 Å². The zero-order chi connectivity index (χ0) is 17.3. The Morgan fingerprint density at radius 1 is 1.08 bits per heavy atom. The van der Waals surface area contributed by atoms with Crippen molar-refractivity contribution >= 4 is 62.7 Å². The minimum Gasteiger partial charge on any atom is -0.495 e. The van der Waals surface area contributed by atoms with E-state index >= 15 is 0 Å². The Kier molecular flexibility index (Phi) is 4.80. The van der Waals surface area contributed by atoms with Crippen molar-refractivity contribution in [1.82, 2.24) is 9.97 Å². The van der Waals surface area contributed by atoms with Crippen molar-refractivity contribution in [1.29, 1.82) is 0 Å². The van der Waals surface area contributed by atoms with Gasteiger partial charge in [-0.3, -0.25) is 0 Å². The highest BCUT2D eigenvalue weighted by atomic mass is 35.5. The molecule has 3 aromatic rings. The maximum Gasteiger partial charge on any atom is 0.144 e. The van der Waals surface area contributed by atoms with E-state index in [1.165, 1.54) is 31.9 Å². The van der Waals surface area contributed by atoms with E-state index in [-0.39, 0.29) is 0 Å². The molecular weight excluding hydrogens is 369 g/mol. The van der Waals surface area contributed by atoms with E-state index in [0.29, 0.717) is 32.9 Å². The summed E-state index contributed by atoms with van der Waals surface area (Å²) in [6, 6.07) is 1.65. The van der Waals surface area contributed by atoms with Crippen LogP contribution >= 0.6 is 34.5 Å². The highest BCUT2D eigenvalue weighted by molar-refractivity contribution is 7.18. The van der Waals surface area contributed by atoms with E-state index in [2.05, 4.69) is 9.97 Å². The number of benzene rings is 1. The van der Waals surface area contributed by atoms with Crippen molar-refractivity contribution < 1.29 is 9.47 Å². The normalized spacial score (nSPS) is 11.3. The summed E-state index contributed by atoms with van der Waals surface area (Å²) in [5.41, 5.74) is 8.15. The summed E-state index contributed by atoms with van der Waals surface area (Å²) < 4.78 is 11.4. The number of ether oxygens (including phenoxy) is 2. The van der Waals surface area contributed by atoms with Crippen molar-refractivity contribution in [3.8, 4) is 11.5 Å². The molecule has 0 aliphatic heterocycles. The number of hydrogen-bond donors (Lipinski definition) is 1. The van der Waals surface area contributed by atoms with Crippen LogP contribution in [0.15, 0.2) is 17.8 Å². The van der Waals surface area contributed by atoms with Gasteiger partial charge >= 0.3 is 0 Å². The second-order valence-electron chi connectivity index (χ2n) is 4.78. The molecule has 2 heterocycles. The van der Waals surface area contributed by atoms with Gasteiger partial charge in [0, 0.05) is 22.6 Å². The summed E-state index contributed by atoms with van der Waals surface area (Å²) in [7, 11) is 3.07. The summed E-state index contributed by atoms with van der Waals surface area (Å²) in [6.45, 7) is 0. The third-order valence-electron chi connectivity index (χ3n) is 3.45. The van der Waals surface area contributed by atoms with Crippen molar-refractivity contribution in [2.45, 2.75) is 0 Å². The van der Waals surface area contributed by atoms with Crippen LogP contribution < -0.4 is 15.2 Å². The lowest BCUT2D eigenvalue weighted by molar-refractivity contribution is 0.394. The molecule has 124 valence electrons. The summed E-state index contributed by atoms with van der Waals surface area (Å²) in [4.78, 5) is 8.27. The van der Waals surface area contributed by atoms with Gasteiger partial charge in [0.1, 0.15) is 23.6 Å². The van der Waals surface area contributed by atoms with Gasteiger partial charge in [-0.15, -0.1) is 11.3 Å². The Labute approximate surface area is 152 Å². The predicted octanol–water partition coefficient (Wildman–Crippen LogP) is 4.77. The number of halogens is 2. The van der Waals surface area contributed by atoms with Gasteiger partial charge in [-0.25, -0.2) is 9.97 Å². The molecule has 0 atom stereocenters. The Morgan fingerprint density at radius 3 is 2.38 bits per heavy atom. The largest absolute Gasteiger partial charge is 0.495 e. The summed E-state index contributed by atoms with van der Waals surface area (Å²) in [5, 5.41) is 2.77. The minimum atomic E-state index is 0.410. The van der Waals surface area contributed by atoms with Gasteiger partial charge in [0.25, 0.3) is 0 Å². The molecule has 24 heavy (non-hydrogen) atoms. The topological polar surface area (TPSA) is 70.3 Å². The average Bonchev–Trinajstić information content (AvgIpc) is 3.00. The summed E-state index contributed by atoms with van der Waals surface area (Å²) in [5.74, 6) is 1.43. The van der Waals surface area contributed by atoms with Crippen LogP contribution in [0.3, 0.4) is 0 Å². The zero-order valence-corrected chi connectivity index (χ0v) is 15.2. The molecule has 0 saturated carbocycles. The first-order chi connectivity index (χ1) is 11.6. The molecule has 0 spiro atoms. The molecule has 5 nitrogen and oxygen atoms in total. The highest BCUT2D eigenvalue weighted by Crippen LogP contribution is 2.41. The second-order valence-corrected chi connectivity index (χ2v) is 6.42. The molecule has 3 rings (SSSR count). The lowest BCUT2D eigenvalue weighted by Gasteiger charge is -2.12. The number of hydrogen-bond acceptors (Lipinski definition) is 6. The first-order valence-electron chi connectivity index (χ1n) is 6.82. The third-order valence-corrected chi connectivity index (χ3v) is 5.24. The Balaban J connectivity index is 2.10. The number of aromatic nitrogens is 2.